The van der Waals surface area contributed by atoms with Gasteiger partial charge in [0.05, 0.1) is 16.7 Å². The van der Waals surface area contributed by atoms with Gasteiger partial charge in [-0.2, -0.15) is 0 Å². The summed E-state index contributed by atoms with van der Waals surface area (Å²) in [5.74, 6) is 0. The lowest BCUT2D eigenvalue weighted by Crippen LogP contribution is -2.11. The molecule has 0 unspecified atom stereocenters. The molecule has 3 heteroatoms. The predicted octanol–water partition coefficient (Wildman–Crippen LogP) is 11.3. The second kappa shape index (κ2) is 9.37. The number of para-hydroxylation sites is 4. The average Bonchev–Trinajstić information content (AvgIpc) is 3.61. The minimum atomic E-state index is 0.885. The van der Waals surface area contributed by atoms with Crippen LogP contribution >= 0.6 is 0 Å². The third kappa shape index (κ3) is 3.62. The van der Waals surface area contributed by atoms with Gasteiger partial charge in [-0.3, -0.25) is 0 Å². The van der Waals surface area contributed by atoms with Crippen LogP contribution in [0.25, 0.3) is 60.2 Å². The zero-order valence-electron chi connectivity index (χ0n) is 23.3. The molecule has 202 valence electrons. The van der Waals surface area contributed by atoms with Gasteiger partial charge in [0.1, 0.15) is 5.58 Å². The molecule has 0 spiro atoms. The van der Waals surface area contributed by atoms with Crippen LogP contribution in [0, 0.1) is 0 Å². The normalized spacial score (nSPS) is 11.7. The fraction of sp³-hybridized carbons (Fsp3) is 0. The largest absolute Gasteiger partial charge is 0.454 e. The Labute approximate surface area is 248 Å². The molecule has 0 saturated carbocycles. The van der Waals surface area contributed by atoms with Crippen molar-refractivity contribution in [3.8, 4) is 5.69 Å². The number of benzene rings is 7. The highest BCUT2D eigenvalue weighted by molar-refractivity contribution is 6.20. The number of anilines is 3. The molecule has 2 aromatic heterocycles. The van der Waals surface area contributed by atoms with Gasteiger partial charge in [-0.25, -0.2) is 0 Å². The summed E-state index contributed by atoms with van der Waals surface area (Å²) in [4.78, 5) is 2.36. The maximum atomic E-state index is 6.69. The number of hydrogen-bond donors (Lipinski definition) is 0. The zero-order valence-corrected chi connectivity index (χ0v) is 23.3. The molecule has 0 N–H and O–H groups in total. The fourth-order valence-electron chi connectivity index (χ4n) is 6.66. The smallest absolute Gasteiger partial charge is 0.160 e. The monoisotopic (exact) mass is 550 g/mol. The van der Waals surface area contributed by atoms with Gasteiger partial charge in [-0.05, 0) is 66.0 Å². The Kier molecular flexibility index (Phi) is 5.20. The highest BCUT2D eigenvalue weighted by atomic mass is 16.3. The lowest BCUT2D eigenvalue weighted by atomic mass is 10.0. The van der Waals surface area contributed by atoms with E-state index in [0.29, 0.717) is 0 Å². The minimum Gasteiger partial charge on any atom is -0.454 e. The van der Waals surface area contributed by atoms with E-state index in [1.807, 2.05) is 6.07 Å². The molecular formula is C40H26N2O. The van der Waals surface area contributed by atoms with Crippen molar-refractivity contribution in [1.82, 2.24) is 4.57 Å². The molecule has 2 heterocycles. The summed E-state index contributed by atoms with van der Waals surface area (Å²) >= 11 is 0. The topological polar surface area (TPSA) is 21.3 Å². The predicted molar refractivity (Wildman–Crippen MR) is 180 cm³/mol. The molecule has 0 atom stereocenters. The molecule has 0 radical (unpaired) electrons. The quantitative estimate of drug-likeness (QED) is 0.217. The number of fused-ring (bicyclic) bond motifs is 7. The van der Waals surface area contributed by atoms with E-state index < -0.39 is 0 Å². The minimum absolute atomic E-state index is 0.885. The van der Waals surface area contributed by atoms with E-state index in [-0.39, 0.29) is 0 Å². The maximum absolute atomic E-state index is 6.69. The summed E-state index contributed by atoms with van der Waals surface area (Å²) in [6.45, 7) is 0. The molecule has 0 aliphatic rings. The third-order valence-corrected chi connectivity index (χ3v) is 8.53. The molecule has 43 heavy (non-hydrogen) atoms. The van der Waals surface area contributed by atoms with E-state index in [1.54, 1.807) is 0 Å². The Balaban J connectivity index is 1.39. The number of rotatable bonds is 4. The summed E-state index contributed by atoms with van der Waals surface area (Å²) in [6.07, 6.45) is 0. The van der Waals surface area contributed by atoms with Crippen LogP contribution in [0.2, 0.25) is 0 Å². The summed E-state index contributed by atoms with van der Waals surface area (Å²) in [5, 5.41) is 7.00. The van der Waals surface area contributed by atoms with Crippen LogP contribution < -0.4 is 4.90 Å². The van der Waals surface area contributed by atoms with Crippen molar-refractivity contribution in [1.29, 1.82) is 0 Å². The van der Waals surface area contributed by atoms with Crippen molar-refractivity contribution in [2.75, 3.05) is 4.90 Å². The Morgan fingerprint density at radius 1 is 0.442 bits per heavy atom. The molecule has 9 rings (SSSR count). The molecule has 0 bridgehead atoms. The van der Waals surface area contributed by atoms with Crippen LogP contribution in [-0.4, -0.2) is 4.57 Å². The number of furan rings is 1. The van der Waals surface area contributed by atoms with Crippen LogP contribution in [-0.2, 0) is 0 Å². The van der Waals surface area contributed by atoms with Gasteiger partial charge in [0.25, 0.3) is 0 Å². The van der Waals surface area contributed by atoms with E-state index in [2.05, 4.69) is 161 Å². The first-order valence-electron chi connectivity index (χ1n) is 14.6. The summed E-state index contributed by atoms with van der Waals surface area (Å²) in [6, 6.07) is 55.9. The third-order valence-electron chi connectivity index (χ3n) is 8.53. The molecule has 0 aliphatic heterocycles. The molecule has 3 nitrogen and oxygen atoms in total. The van der Waals surface area contributed by atoms with Crippen LogP contribution in [0.1, 0.15) is 0 Å². The van der Waals surface area contributed by atoms with Crippen LogP contribution in [0.3, 0.4) is 0 Å². The Morgan fingerprint density at radius 3 is 1.93 bits per heavy atom. The van der Waals surface area contributed by atoms with Gasteiger partial charge in [0.15, 0.2) is 5.58 Å². The molecule has 9 aromatic rings. The van der Waals surface area contributed by atoms with Gasteiger partial charge in [-0.15, -0.1) is 0 Å². The summed E-state index contributed by atoms with van der Waals surface area (Å²) in [7, 11) is 0. The number of nitrogens with zero attached hydrogens (tertiary/aromatic N) is 2. The average molecular weight is 551 g/mol. The lowest BCUT2D eigenvalue weighted by molar-refractivity contribution is 0.669. The zero-order chi connectivity index (χ0) is 28.3. The van der Waals surface area contributed by atoms with Crippen molar-refractivity contribution in [2.24, 2.45) is 0 Å². The van der Waals surface area contributed by atoms with E-state index in [9.17, 15) is 0 Å². The molecule has 0 fully saturated rings. The molecule has 0 amide bonds. The van der Waals surface area contributed by atoms with Crippen LogP contribution in [0.5, 0.6) is 0 Å². The molecular weight excluding hydrogens is 524 g/mol. The van der Waals surface area contributed by atoms with Crippen LogP contribution in [0.4, 0.5) is 17.1 Å². The summed E-state index contributed by atoms with van der Waals surface area (Å²) < 4.78 is 9.05. The van der Waals surface area contributed by atoms with Crippen molar-refractivity contribution in [3.63, 3.8) is 0 Å². The van der Waals surface area contributed by atoms with Gasteiger partial charge >= 0.3 is 0 Å². The van der Waals surface area contributed by atoms with E-state index >= 15 is 0 Å². The summed E-state index contributed by atoms with van der Waals surface area (Å²) in [5.41, 5.74) is 8.49. The van der Waals surface area contributed by atoms with Crippen molar-refractivity contribution in [2.45, 2.75) is 0 Å². The van der Waals surface area contributed by atoms with Gasteiger partial charge < -0.3 is 13.9 Å². The standard InChI is InChI=1S/C40H26N2O/c1-3-14-28(15-4-1)41(39-31-18-8-7-13-27(31)25-35-33-20-10-12-22-38(33)43-40(35)39)30-23-24-37-34(26-30)32-19-9-11-21-36(32)42(37)29-16-5-2-6-17-29/h1-26H. The second-order valence-corrected chi connectivity index (χ2v) is 11.0. The van der Waals surface area contributed by atoms with E-state index in [4.69, 9.17) is 4.42 Å². The Bertz CT molecular complexity index is 2450. The number of aromatic nitrogens is 1. The molecule has 0 saturated heterocycles. The SMILES string of the molecule is c1ccc(N(c2ccc3c(c2)c2ccccc2n3-c2ccccc2)c2c3ccccc3cc3c2oc2ccccc23)cc1. The highest BCUT2D eigenvalue weighted by Gasteiger charge is 2.23. The van der Waals surface area contributed by atoms with Crippen molar-refractivity contribution < 1.29 is 4.42 Å². The number of hydrogen-bond acceptors (Lipinski definition) is 2. The maximum Gasteiger partial charge on any atom is 0.160 e. The van der Waals surface area contributed by atoms with Gasteiger partial charge in [-0.1, -0.05) is 97.1 Å². The first-order valence-corrected chi connectivity index (χ1v) is 14.6. The first kappa shape index (κ1) is 23.9. The van der Waals surface area contributed by atoms with E-state index in [0.717, 1.165) is 50.1 Å². The van der Waals surface area contributed by atoms with Gasteiger partial charge in [0.2, 0.25) is 0 Å². The van der Waals surface area contributed by atoms with Crippen molar-refractivity contribution in [3.05, 3.63) is 158 Å². The van der Waals surface area contributed by atoms with E-state index in [1.165, 1.54) is 27.2 Å². The van der Waals surface area contributed by atoms with Crippen molar-refractivity contribution >= 4 is 71.6 Å². The Hall–Kier alpha value is -5.80. The Morgan fingerprint density at radius 2 is 1.09 bits per heavy atom. The van der Waals surface area contributed by atoms with Crippen LogP contribution in [0.15, 0.2) is 162 Å². The first-order chi connectivity index (χ1) is 21.3. The second-order valence-electron chi connectivity index (χ2n) is 11.0. The highest BCUT2D eigenvalue weighted by Crippen LogP contribution is 2.47. The fourth-order valence-corrected chi connectivity index (χ4v) is 6.66. The molecule has 7 aromatic carbocycles. The lowest BCUT2D eigenvalue weighted by Gasteiger charge is -2.27. The molecule has 0 aliphatic carbocycles. The van der Waals surface area contributed by atoms with Gasteiger partial charge in [0, 0.05) is 44.0 Å².